The van der Waals surface area contributed by atoms with Gasteiger partial charge in [-0.05, 0) is 31.2 Å². The van der Waals surface area contributed by atoms with E-state index in [4.69, 9.17) is 11.6 Å². The first-order valence-electron chi connectivity index (χ1n) is 7.94. The molecule has 1 heterocycles. The number of hydrazone groups is 1. The summed E-state index contributed by atoms with van der Waals surface area (Å²) in [6, 6.07) is 12.2. The number of nitrogens with zero attached hydrogens (tertiary/aromatic N) is 3. The van der Waals surface area contributed by atoms with Gasteiger partial charge in [-0.15, -0.1) is 0 Å². The maximum atomic E-state index is 13.6. The van der Waals surface area contributed by atoms with Crippen LogP contribution >= 0.6 is 23.4 Å². The van der Waals surface area contributed by atoms with Crippen LogP contribution in [0.3, 0.4) is 0 Å². The summed E-state index contributed by atoms with van der Waals surface area (Å²) in [6.07, 6.45) is 1.20. The molecule has 1 amide bonds. The molecular weight excluding hydrogens is 375 g/mol. The number of aryl methyl sites for hydroxylation is 1. The predicted octanol–water partition coefficient (Wildman–Crippen LogP) is 4.09. The summed E-state index contributed by atoms with van der Waals surface area (Å²) in [5, 5.41) is 4.77. The molecule has 2 aromatic carbocycles. The Hall–Kier alpha value is -2.38. The normalized spacial score (nSPS) is 11.3. The van der Waals surface area contributed by atoms with Crippen LogP contribution in [0.2, 0.25) is 5.02 Å². The van der Waals surface area contributed by atoms with Gasteiger partial charge in [-0.25, -0.2) is 14.8 Å². The molecule has 0 aliphatic carbocycles. The van der Waals surface area contributed by atoms with Crippen LogP contribution in [0.25, 0.3) is 11.0 Å². The number of hydrogen-bond acceptors (Lipinski definition) is 4. The largest absolute Gasteiger partial charge is 0.319 e. The lowest BCUT2D eigenvalue weighted by Crippen LogP contribution is -2.20. The van der Waals surface area contributed by atoms with E-state index in [0.717, 1.165) is 22.7 Å². The fourth-order valence-corrected chi connectivity index (χ4v) is 3.52. The molecule has 1 N–H and O–H groups in total. The minimum absolute atomic E-state index is 0.134. The fraction of sp³-hybridized carbons (Fsp3) is 0.167. The van der Waals surface area contributed by atoms with E-state index in [-0.39, 0.29) is 22.2 Å². The van der Waals surface area contributed by atoms with Gasteiger partial charge in [0, 0.05) is 12.1 Å². The predicted molar refractivity (Wildman–Crippen MR) is 103 cm³/mol. The Kier molecular flexibility index (Phi) is 5.90. The van der Waals surface area contributed by atoms with Crippen LogP contribution < -0.4 is 5.43 Å². The maximum Gasteiger partial charge on any atom is 0.250 e. The number of thioether (sulfide) groups is 1. The maximum absolute atomic E-state index is 13.6. The second-order valence-electron chi connectivity index (χ2n) is 5.34. The van der Waals surface area contributed by atoms with Gasteiger partial charge in [-0.1, -0.05) is 41.6 Å². The molecule has 26 heavy (non-hydrogen) atoms. The van der Waals surface area contributed by atoms with E-state index in [1.807, 2.05) is 31.2 Å². The zero-order valence-corrected chi connectivity index (χ0v) is 15.5. The molecule has 3 rings (SSSR count). The Balaban J connectivity index is 1.62. The number of fused-ring (bicyclic) bond motifs is 1. The minimum Gasteiger partial charge on any atom is -0.319 e. The van der Waals surface area contributed by atoms with Gasteiger partial charge in [0.25, 0.3) is 5.91 Å². The van der Waals surface area contributed by atoms with E-state index in [1.165, 1.54) is 30.1 Å². The molecule has 0 fully saturated rings. The molecule has 5 nitrogen and oxygen atoms in total. The standard InChI is InChI=1S/C18H16ClFN4OS/c1-2-24-16-9-4-3-8-15(16)22-18(24)26-11-17(25)23-21-10-12-13(19)6-5-7-14(12)20/h3-10H,2,11H2,1H3,(H,23,25)/b21-10+. The van der Waals surface area contributed by atoms with Crippen molar-refractivity contribution in [3.05, 3.63) is 58.9 Å². The van der Waals surface area contributed by atoms with Crippen LogP contribution in [0, 0.1) is 5.82 Å². The van der Waals surface area contributed by atoms with Crippen molar-refractivity contribution in [3.63, 3.8) is 0 Å². The van der Waals surface area contributed by atoms with E-state index < -0.39 is 5.82 Å². The number of carbonyl (C=O) groups excluding carboxylic acids is 1. The number of halogens is 2. The highest BCUT2D eigenvalue weighted by Crippen LogP contribution is 2.23. The lowest BCUT2D eigenvalue weighted by molar-refractivity contribution is -0.118. The topological polar surface area (TPSA) is 59.3 Å². The second-order valence-corrected chi connectivity index (χ2v) is 6.69. The van der Waals surface area contributed by atoms with Crippen molar-refractivity contribution in [3.8, 4) is 0 Å². The highest BCUT2D eigenvalue weighted by atomic mass is 35.5. The molecule has 134 valence electrons. The third kappa shape index (κ3) is 4.05. The van der Waals surface area contributed by atoms with Crippen molar-refractivity contribution < 1.29 is 9.18 Å². The Labute approximate surface area is 159 Å². The monoisotopic (exact) mass is 390 g/mol. The molecule has 0 aliphatic rings. The summed E-state index contributed by atoms with van der Waals surface area (Å²) in [5.74, 6) is -0.666. The van der Waals surface area contributed by atoms with E-state index in [1.54, 1.807) is 6.07 Å². The quantitative estimate of drug-likeness (QED) is 0.392. The van der Waals surface area contributed by atoms with Crippen molar-refractivity contribution in [1.29, 1.82) is 0 Å². The molecule has 8 heteroatoms. The number of aromatic nitrogens is 2. The molecule has 0 aliphatic heterocycles. The van der Waals surface area contributed by atoms with Crippen LogP contribution in [-0.4, -0.2) is 27.4 Å². The summed E-state index contributed by atoms with van der Waals surface area (Å²) >= 11 is 7.22. The number of para-hydroxylation sites is 2. The van der Waals surface area contributed by atoms with Gasteiger partial charge in [0.15, 0.2) is 5.16 Å². The molecule has 0 unspecified atom stereocenters. The highest BCUT2D eigenvalue weighted by Gasteiger charge is 2.11. The fourth-order valence-electron chi connectivity index (χ4n) is 2.43. The molecular formula is C18H16ClFN4OS. The molecule has 0 atom stereocenters. The molecule has 0 spiro atoms. The summed E-state index contributed by atoms with van der Waals surface area (Å²) in [5.41, 5.74) is 4.43. The summed E-state index contributed by atoms with van der Waals surface area (Å²) < 4.78 is 15.7. The average Bonchev–Trinajstić information content (AvgIpc) is 3.00. The van der Waals surface area contributed by atoms with Crippen LogP contribution in [-0.2, 0) is 11.3 Å². The number of carbonyl (C=O) groups is 1. The van der Waals surface area contributed by atoms with Gasteiger partial charge in [0.1, 0.15) is 5.82 Å². The van der Waals surface area contributed by atoms with Gasteiger partial charge < -0.3 is 4.57 Å². The zero-order chi connectivity index (χ0) is 18.5. The first kappa shape index (κ1) is 18.4. The van der Waals surface area contributed by atoms with Gasteiger partial charge in [-0.3, -0.25) is 4.79 Å². The van der Waals surface area contributed by atoms with Gasteiger partial charge in [-0.2, -0.15) is 5.10 Å². The number of amides is 1. The molecule has 0 saturated heterocycles. The molecule has 1 aromatic heterocycles. The van der Waals surface area contributed by atoms with Crippen LogP contribution in [0.1, 0.15) is 12.5 Å². The Morgan fingerprint density at radius 2 is 2.15 bits per heavy atom. The highest BCUT2D eigenvalue weighted by molar-refractivity contribution is 7.99. The van der Waals surface area contributed by atoms with Crippen molar-refractivity contribution in [2.24, 2.45) is 5.10 Å². The van der Waals surface area contributed by atoms with E-state index in [0.29, 0.717) is 0 Å². The molecule has 0 saturated carbocycles. The smallest absolute Gasteiger partial charge is 0.250 e. The van der Waals surface area contributed by atoms with E-state index in [9.17, 15) is 9.18 Å². The molecule has 3 aromatic rings. The average molecular weight is 391 g/mol. The summed E-state index contributed by atoms with van der Waals surface area (Å²) in [6.45, 7) is 2.79. The number of hydrogen-bond donors (Lipinski definition) is 1. The number of rotatable bonds is 6. The van der Waals surface area contributed by atoms with Gasteiger partial charge >= 0.3 is 0 Å². The first-order chi connectivity index (χ1) is 12.6. The number of benzene rings is 2. The van der Waals surface area contributed by atoms with Crippen LogP contribution in [0.5, 0.6) is 0 Å². The van der Waals surface area contributed by atoms with Gasteiger partial charge in [0.2, 0.25) is 0 Å². The molecule has 0 bridgehead atoms. The van der Waals surface area contributed by atoms with E-state index >= 15 is 0 Å². The third-order valence-corrected chi connectivity index (χ3v) is 4.96. The SMILES string of the molecule is CCn1c(SCC(=O)N/N=C/c2c(F)cccc2Cl)nc2ccccc21. The first-order valence-corrected chi connectivity index (χ1v) is 9.30. The third-order valence-electron chi connectivity index (χ3n) is 3.65. The van der Waals surface area contributed by atoms with Crippen LogP contribution in [0.15, 0.2) is 52.7 Å². The van der Waals surface area contributed by atoms with Crippen molar-refractivity contribution in [2.75, 3.05) is 5.75 Å². The Bertz CT molecular complexity index is 953. The van der Waals surface area contributed by atoms with Crippen molar-refractivity contribution >= 4 is 46.5 Å². The lowest BCUT2D eigenvalue weighted by atomic mass is 10.2. The van der Waals surface area contributed by atoms with Gasteiger partial charge in [0.05, 0.1) is 28.0 Å². The second kappa shape index (κ2) is 8.33. The minimum atomic E-state index is -0.499. The Morgan fingerprint density at radius 1 is 1.35 bits per heavy atom. The number of imidazole rings is 1. The summed E-state index contributed by atoms with van der Waals surface area (Å²) in [7, 11) is 0. The summed E-state index contributed by atoms with van der Waals surface area (Å²) in [4.78, 5) is 16.5. The molecule has 0 radical (unpaired) electrons. The van der Waals surface area contributed by atoms with E-state index in [2.05, 4.69) is 20.1 Å². The van der Waals surface area contributed by atoms with Crippen LogP contribution in [0.4, 0.5) is 4.39 Å². The van der Waals surface area contributed by atoms with Crippen molar-refractivity contribution in [2.45, 2.75) is 18.6 Å². The number of nitrogens with one attached hydrogen (secondary N) is 1. The lowest BCUT2D eigenvalue weighted by Gasteiger charge is -2.05. The van der Waals surface area contributed by atoms with Crippen molar-refractivity contribution in [1.82, 2.24) is 15.0 Å². The Morgan fingerprint density at radius 3 is 2.92 bits per heavy atom. The zero-order valence-electron chi connectivity index (χ0n) is 13.9.